The maximum absolute atomic E-state index is 5.22. The Bertz CT molecular complexity index is 497. The predicted octanol–water partition coefficient (Wildman–Crippen LogP) is 3.45. The SMILES string of the molecule is COCc1cc2c(C(C)C)cccc2n1C. The van der Waals surface area contributed by atoms with Crippen molar-refractivity contribution in [3.05, 3.63) is 35.5 Å². The molecule has 0 saturated heterocycles. The average Bonchev–Trinajstić information content (AvgIpc) is 2.57. The molecule has 0 N–H and O–H groups in total. The van der Waals surface area contributed by atoms with Gasteiger partial charge in [-0.25, -0.2) is 0 Å². The summed E-state index contributed by atoms with van der Waals surface area (Å²) in [5.74, 6) is 0.557. The van der Waals surface area contributed by atoms with E-state index < -0.39 is 0 Å². The molecule has 0 amide bonds. The Labute approximate surface area is 96.8 Å². The normalized spacial score (nSPS) is 11.6. The van der Waals surface area contributed by atoms with Gasteiger partial charge in [0.05, 0.1) is 6.61 Å². The van der Waals surface area contributed by atoms with Gasteiger partial charge in [0.1, 0.15) is 0 Å². The van der Waals surface area contributed by atoms with Crippen molar-refractivity contribution in [3.8, 4) is 0 Å². The van der Waals surface area contributed by atoms with Crippen molar-refractivity contribution in [2.75, 3.05) is 7.11 Å². The Kier molecular flexibility index (Phi) is 3.01. The van der Waals surface area contributed by atoms with Gasteiger partial charge >= 0.3 is 0 Å². The van der Waals surface area contributed by atoms with Gasteiger partial charge in [-0.2, -0.15) is 0 Å². The third kappa shape index (κ3) is 1.74. The van der Waals surface area contributed by atoms with Crippen LogP contribution in [0.2, 0.25) is 0 Å². The molecule has 2 nitrogen and oxygen atoms in total. The monoisotopic (exact) mass is 217 g/mol. The molecule has 0 aliphatic carbocycles. The van der Waals surface area contributed by atoms with Crippen LogP contribution in [0, 0.1) is 0 Å². The Morgan fingerprint density at radius 1 is 1.31 bits per heavy atom. The third-order valence-corrected chi connectivity index (χ3v) is 3.13. The molecule has 0 bridgehead atoms. The summed E-state index contributed by atoms with van der Waals surface area (Å²) in [5, 5.41) is 1.35. The van der Waals surface area contributed by atoms with Crippen LogP contribution in [-0.4, -0.2) is 11.7 Å². The molecule has 1 aromatic heterocycles. The number of hydrogen-bond donors (Lipinski definition) is 0. The molecule has 1 heterocycles. The molecule has 0 fully saturated rings. The highest BCUT2D eigenvalue weighted by molar-refractivity contribution is 5.85. The number of rotatable bonds is 3. The zero-order valence-corrected chi connectivity index (χ0v) is 10.4. The first-order valence-corrected chi connectivity index (χ1v) is 5.71. The molecular weight excluding hydrogens is 198 g/mol. The second-order valence-corrected chi connectivity index (χ2v) is 4.56. The van der Waals surface area contributed by atoms with Crippen LogP contribution in [0.15, 0.2) is 24.3 Å². The van der Waals surface area contributed by atoms with Gasteiger partial charge in [-0.3, -0.25) is 0 Å². The van der Waals surface area contributed by atoms with E-state index in [0.717, 1.165) is 0 Å². The maximum atomic E-state index is 5.22. The van der Waals surface area contributed by atoms with Crippen LogP contribution in [0.4, 0.5) is 0 Å². The molecule has 2 rings (SSSR count). The summed E-state index contributed by atoms with van der Waals surface area (Å²) in [5.41, 5.74) is 3.93. The molecule has 1 aromatic carbocycles. The highest BCUT2D eigenvalue weighted by atomic mass is 16.5. The van der Waals surface area contributed by atoms with E-state index in [0.29, 0.717) is 12.5 Å². The number of hydrogen-bond acceptors (Lipinski definition) is 1. The molecule has 0 spiro atoms. The fourth-order valence-corrected chi connectivity index (χ4v) is 2.23. The lowest BCUT2D eigenvalue weighted by Crippen LogP contribution is -1.96. The number of fused-ring (bicyclic) bond motifs is 1. The summed E-state index contributed by atoms with van der Waals surface area (Å²) in [6.45, 7) is 5.14. The molecule has 2 heteroatoms. The molecule has 0 atom stereocenters. The van der Waals surface area contributed by atoms with E-state index >= 15 is 0 Å². The smallest absolute Gasteiger partial charge is 0.0864 e. The minimum absolute atomic E-state index is 0.557. The van der Waals surface area contributed by atoms with Crippen molar-refractivity contribution in [2.24, 2.45) is 7.05 Å². The first-order chi connectivity index (χ1) is 7.65. The van der Waals surface area contributed by atoms with Crippen LogP contribution >= 0.6 is 0 Å². The molecule has 16 heavy (non-hydrogen) atoms. The van der Waals surface area contributed by atoms with E-state index in [2.05, 4.69) is 49.7 Å². The van der Waals surface area contributed by atoms with Crippen LogP contribution in [0.1, 0.15) is 31.0 Å². The number of ether oxygens (including phenoxy) is 1. The topological polar surface area (TPSA) is 14.2 Å². The van der Waals surface area contributed by atoms with Crippen molar-refractivity contribution >= 4 is 10.9 Å². The molecule has 0 saturated carbocycles. The molecule has 0 radical (unpaired) electrons. The minimum Gasteiger partial charge on any atom is -0.378 e. The van der Waals surface area contributed by atoms with Crippen molar-refractivity contribution in [3.63, 3.8) is 0 Å². The van der Waals surface area contributed by atoms with Gasteiger partial charge < -0.3 is 9.30 Å². The van der Waals surface area contributed by atoms with Crippen LogP contribution in [0.25, 0.3) is 10.9 Å². The molecule has 0 aliphatic heterocycles. The number of aryl methyl sites for hydroxylation is 1. The van der Waals surface area contributed by atoms with Gasteiger partial charge in [0.2, 0.25) is 0 Å². The Morgan fingerprint density at radius 3 is 2.69 bits per heavy atom. The first-order valence-electron chi connectivity index (χ1n) is 5.71. The van der Waals surface area contributed by atoms with Crippen LogP contribution < -0.4 is 0 Å². The van der Waals surface area contributed by atoms with Gasteiger partial charge in [-0.15, -0.1) is 0 Å². The van der Waals surface area contributed by atoms with Crippen LogP contribution in [0.3, 0.4) is 0 Å². The largest absolute Gasteiger partial charge is 0.378 e. The Balaban J connectivity index is 2.65. The number of methoxy groups -OCH3 is 1. The lowest BCUT2D eigenvalue weighted by atomic mass is 9.99. The van der Waals surface area contributed by atoms with Crippen molar-refractivity contribution in [2.45, 2.75) is 26.4 Å². The van der Waals surface area contributed by atoms with Crippen molar-refractivity contribution < 1.29 is 4.74 Å². The highest BCUT2D eigenvalue weighted by Crippen LogP contribution is 2.27. The van der Waals surface area contributed by atoms with E-state index in [1.807, 2.05) is 0 Å². The first kappa shape index (κ1) is 11.2. The molecule has 86 valence electrons. The molecular formula is C14H19NO. The Morgan fingerprint density at radius 2 is 2.06 bits per heavy atom. The lowest BCUT2D eigenvalue weighted by molar-refractivity contribution is 0.179. The van der Waals surface area contributed by atoms with Gasteiger partial charge in [0.25, 0.3) is 0 Å². The third-order valence-electron chi connectivity index (χ3n) is 3.13. The summed E-state index contributed by atoms with van der Waals surface area (Å²) in [6.07, 6.45) is 0. The van der Waals surface area contributed by atoms with E-state index in [1.165, 1.54) is 22.2 Å². The predicted molar refractivity (Wildman–Crippen MR) is 67.7 cm³/mol. The summed E-state index contributed by atoms with van der Waals surface area (Å²) in [7, 11) is 3.84. The fraction of sp³-hybridized carbons (Fsp3) is 0.429. The van der Waals surface area contributed by atoms with E-state index in [-0.39, 0.29) is 0 Å². The molecule has 0 aliphatic rings. The van der Waals surface area contributed by atoms with Gasteiger partial charge in [-0.05, 0) is 23.6 Å². The van der Waals surface area contributed by atoms with Gasteiger partial charge in [0.15, 0.2) is 0 Å². The summed E-state index contributed by atoms with van der Waals surface area (Å²) < 4.78 is 7.43. The fourth-order valence-electron chi connectivity index (χ4n) is 2.23. The Hall–Kier alpha value is -1.28. The number of benzene rings is 1. The standard InChI is InChI=1S/C14H19NO/c1-10(2)12-6-5-7-14-13(12)8-11(9-16-4)15(14)3/h5-8,10H,9H2,1-4H3. The second-order valence-electron chi connectivity index (χ2n) is 4.56. The zero-order valence-electron chi connectivity index (χ0n) is 10.4. The molecule has 2 aromatic rings. The van der Waals surface area contributed by atoms with Gasteiger partial charge in [0, 0.05) is 30.8 Å². The average molecular weight is 217 g/mol. The summed E-state index contributed by atoms with van der Waals surface area (Å²) >= 11 is 0. The zero-order chi connectivity index (χ0) is 11.7. The number of nitrogens with zero attached hydrogens (tertiary/aromatic N) is 1. The maximum Gasteiger partial charge on any atom is 0.0864 e. The highest BCUT2D eigenvalue weighted by Gasteiger charge is 2.10. The van der Waals surface area contributed by atoms with Gasteiger partial charge in [-0.1, -0.05) is 26.0 Å². The quantitative estimate of drug-likeness (QED) is 0.768. The minimum atomic E-state index is 0.557. The van der Waals surface area contributed by atoms with E-state index in [4.69, 9.17) is 4.74 Å². The molecule has 0 unspecified atom stereocenters. The van der Waals surface area contributed by atoms with Crippen LogP contribution in [0.5, 0.6) is 0 Å². The summed E-state index contributed by atoms with van der Waals surface area (Å²) in [6, 6.07) is 8.76. The van der Waals surface area contributed by atoms with E-state index in [9.17, 15) is 0 Å². The lowest BCUT2D eigenvalue weighted by Gasteiger charge is -2.07. The van der Waals surface area contributed by atoms with Crippen molar-refractivity contribution in [1.82, 2.24) is 4.57 Å². The van der Waals surface area contributed by atoms with E-state index in [1.54, 1.807) is 7.11 Å². The summed E-state index contributed by atoms with van der Waals surface area (Å²) in [4.78, 5) is 0. The second kappa shape index (κ2) is 4.30. The number of aromatic nitrogens is 1. The van der Waals surface area contributed by atoms with Crippen LogP contribution in [-0.2, 0) is 18.4 Å². The van der Waals surface area contributed by atoms with Crippen molar-refractivity contribution in [1.29, 1.82) is 0 Å².